The number of carboxylic acids is 1. The average Bonchev–Trinajstić information content (AvgIpc) is 3.02. The van der Waals surface area contributed by atoms with Crippen LogP contribution in [0.4, 0.5) is 0 Å². The Morgan fingerprint density at radius 3 is 2.91 bits per heavy atom. The summed E-state index contributed by atoms with van der Waals surface area (Å²) in [7, 11) is 0. The van der Waals surface area contributed by atoms with Crippen molar-refractivity contribution in [1.82, 2.24) is 20.1 Å². The van der Waals surface area contributed by atoms with E-state index in [0.29, 0.717) is 11.2 Å². The molecule has 2 heterocycles. The van der Waals surface area contributed by atoms with Gasteiger partial charge in [0.1, 0.15) is 6.54 Å². The number of carbonyl (C=O) groups is 2. The first-order chi connectivity index (χ1) is 10.6. The largest absolute Gasteiger partial charge is 0.480 e. The van der Waals surface area contributed by atoms with Gasteiger partial charge in [0.25, 0.3) is 0 Å². The zero-order valence-electron chi connectivity index (χ0n) is 11.6. The van der Waals surface area contributed by atoms with Crippen molar-refractivity contribution >= 4 is 35.0 Å². The second-order valence-corrected chi connectivity index (χ2v) is 6.73. The molecule has 2 aromatic rings. The number of carbonyl (C=O) groups excluding carboxylic acids is 1. The SMILES string of the molecule is O=C(O)CNC(=O)CSc1nnc(-c2cccs2)n1C1CC1. The lowest BCUT2D eigenvalue weighted by molar-refractivity contribution is -0.137. The van der Waals surface area contributed by atoms with Crippen LogP contribution in [0.1, 0.15) is 18.9 Å². The summed E-state index contributed by atoms with van der Waals surface area (Å²) in [6, 6.07) is 4.37. The molecule has 0 bridgehead atoms. The summed E-state index contributed by atoms with van der Waals surface area (Å²) in [5, 5.41) is 22.0. The van der Waals surface area contributed by atoms with Crippen molar-refractivity contribution in [3.63, 3.8) is 0 Å². The predicted octanol–water partition coefficient (Wildman–Crippen LogP) is 1.63. The summed E-state index contributed by atoms with van der Waals surface area (Å²) in [6.07, 6.45) is 2.18. The summed E-state index contributed by atoms with van der Waals surface area (Å²) in [5.74, 6) is -0.413. The van der Waals surface area contributed by atoms with E-state index < -0.39 is 5.97 Å². The molecule has 0 atom stereocenters. The standard InChI is InChI=1S/C13H14N4O3S2/c18-10(14-6-11(19)20)7-22-13-16-15-12(9-2-1-5-21-9)17(13)8-3-4-8/h1-2,5,8H,3-4,6-7H2,(H,14,18)(H,19,20). The Kier molecular flexibility index (Phi) is 4.44. The van der Waals surface area contributed by atoms with Gasteiger partial charge in [-0.15, -0.1) is 21.5 Å². The third-order valence-corrected chi connectivity index (χ3v) is 4.90. The predicted molar refractivity (Wildman–Crippen MR) is 83.0 cm³/mol. The zero-order valence-corrected chi connectivity index (χ0v) is 13.2. The average molecular weight is 338 g/mol. The summed E-state index contributed by atoms with van der Waals surface area (Å²) in [4.78, 5) is 23.1. The minimum absolute atomic E-state index is 0.128. The normalized spacial score (nSPS) is 14.0. The number of nitrogens with one attached hydrogen (secondary N) is 1. The highest BCUT2D eigenvalue weighted by Gasteiger charge is 2.30. The summed E-state index contributed by atoms with van der Waals surface area (Å²) >= 11 is 2.89. The van der Waals surface area contributed by atoms with Gasteiger partial charge in [-0.3, -0.25) is 14.2 Å². The first-order valence-corrected chi connectivity index (χ1v) is 8.61. The Balaban J connectivity index is 1.69. The monoisotopic (exact) mass is 338 g/mol. The number of thiophene rings is 1. The number of carboxylic acid groups (broad SMARTS) is 1. The maximum atomic E-state index is 11.6. The van der Waals surface area contributed by atoms with Crippen LogP contribution in [0, 0.1) is 0 Å². The molecule has 0 spiro atoms. The van der Waals surface area contributed by atoms with Crippen molar-refractivity contribution in [3.8, 4) is 10.7 Å². The van der Waals surface area contributed by atoms with Gasteiger partial charge in [0, 0.05) is 6.04 Å². The van der Waals surface area contributed by atoms with Gasteiger partial charge in [0.2, 0.25) is 5.91 Å². The smallest absolute Gasteiger partial charge is 0.322 e. The van der Waals surface area contributed by atoms with Crippen molar-refractivity contribution in [1.29, 1.82) is 0 Å². The minimum atomic E-state index is -1.06. The van der Waals surface area contributed by atoms with E-state index in [1.165, 1.54) is 11.8 Å². The molecular formula is C13H14N4O3S2. The van der Waals surface area contributed by atoms with Crippen LogP contribution in [0.2, 0.25) is 0 Å². The first kappa shape index (κ1) is 15.0. The topological polar surface area (TPSA) is 97.1 Å². The van der Waals surface area contributed by atoms with E-state index in [1.807, 2.05) is 17.5 Å². The lowest BCUT2D eigenvalue weighted by Gasteiger charge is -2.07. The Labute approximate surface area is 134 Å². The van der Waals surface area contributed by atoms with E-state index in [4.69, 9.17) is 5.11 Å². The minimum Gasteiger partial charge on any atom is -0.480 e. The van der Waals surface area contributed by atoms with Gasteiger partial charge in [-0.05, 0) is 24.3 Å². The lowest BCUT2D eigenvalue weighted by Crippen LogP contribution is -2.30. The maximum absolute atomic E-state index is 11.6. The highest BCUT2D eigenvalue weighted by atomic mass is 32.2. The fourth-order valence-electron chi connectivity index (χ4n) is 1.97. The molecule has 3 rings (SSSR count). The molecule has 1 aliphatic carbocycles. The van der Waals surface area contributed by atoms with Crippen LogP contribution in [0.15, 0.2) is 22.7 Å². The molecule has 2 N–H and O–H groups in total. The van der Waals surface area contributed by atoms with Crippen LogP contribution in [0.5, 0.6) is 0 Å². The summed E-state index contributed by atoms with van der Waals surface area (Å²) in [5.41, 5.74) is 0. The van der Waals surface area contributed by atoms with E-state index in [9.17, 15) is 9.59 Å². The molecule has 1 amide bonds. The van der Waals surface area contributed by atoms with Crippen molar-refractivity contribution in [2.24, 2.45) is 0 Å². The lowest BCUT2D eigenvalue weighted by atomic mass is 10.4. The van der Waals surface area contributed by atoms with Crippen molar-refractivity contribution in [3.05, 3.63) is 17.5 Å². The van der Waals surface area contributed by atoms with Crippen LogP contribution in [0.3, 0.4) is 0 Å². The third kappa shape index (κ3) is 3.47. The van der Waals surface area contributed by atoms with Crippen LogP contribution < -0.4 is 5.32 Å². The molecule has 0 aliphatic heterocycles. The molecule has 0 radical (unpaired) electrons. The fourth-order valence-corrected chi connectivity index (χ4v) is 3.51. The number of nitrogens with zero attached hydrogens (tertiary/aromatic N) is 3. The van der Waals surface area contributed by atoms with Gasteiger partial charge >= 0.3 is 5.97 Å². The van der Waals surface area contributed by atoms with Gasteiger partial charge < -0.3 is 10.4 Å². The van der Waals surface area contributed by atoms with E-state index in [1.54, 1.807) is 11.3 Å². The quantitative estimate of drug-likeness (QED) is 0.745. The Hall–Kier alpha value is -1.87. The molecular weight excluding hydrogens is 324 g/mol. The van der Waals surface area contributed by atoms with E-state index >= 15 is 0 Å². The van der Waals surface area contributed by atoms with Crippen molar-refractivity contribution < 1.29 is 14.7 Å². The van der Waals surface area contributed by atoms with Gasteiger partial charge in [0.05, 0.1) is 10.6 Å². The van der Waals surface area contributed by atoms with Gasteiger partial charge in [-0.2, -0.15) is 0 Å². The number of thioether (sulfide) groups is 1. The Bertz CT molecular complexity index is 680. The molecule has 1 aliphatic rings. The molecule has 7 nitrogen and oxygen atoms in total. The molecule has 9 heteroatoms. The number of aromatic nitrogens is 3. The number of aliphatic carboxylic acids is 1. The molecule has 0 aromatic carbocycles. The highest BCUT2D eigenvalue weighted by Crippen LogP contribution is 2.41. The second-order valence-electron chi connectivity index (χ2n) is 4.84. The van der Waals surface area contributed by atoms with E-state index in [0.717, 1.165) is 23.5 Å². The second kappa shape index (κ2) is 6.49. The molecule has 116 valence electrons. The van der Waals surface area contributed by atoms with E-state index in [2.05, 4.69) is 20.1 Å². The Morgan fingerprint density at radius 2 is 2.27 bits per heavy atom. The number of hydrogen-bond donors (Lipinski definition) is 2. The highest BCUT2D eigenvalue weighted by molar-refractivity contribution is 7.99. The van der Waals surface area contributed by atoms with Crippen molar-refractivity contribution in [2.75, 3.05) is 12.3 Å². The molecule has 0 saturated heterocycles. The third-order valence-electron chi connectivity index (χ3n) is 3.09. The maximum Gasteiger partial charge on any atom is 0.322 e. The number of hydrogen-bond acceptors (Lipinski definition) is 6. The van der Waals surface area contributed by atoms with Gasteiger partial charge in [0.15, 0.2) is 11.0 Å². The van der Waals surface area contributed by atoms with Crippen LogP contribution in [-0.2, 0) is 9.59 Å². The van der Waals surface area contributed by atoms with Crippen molar-refractivity contribution in [2.45, 2.75) is 24.0 Å². The van der Waals surface area contributed by atoms with Gasteiger partial charge in [-0.25, -0.2) is 0 Å². The molecule has 1 saturated carbocycles. The fraction of sp³-hybridized carbons (Fsp3) is 0.385. The van der Waals surface area contributed by atoms with E-state index in [-0.39, 0.29) is 18.2 Å². The Morgan fingerprint density at radius 1 is 1.45 bits per heavy atom. The van der Waals surface area contributed by atoms with Crippen LogP contribution >= 0.6 is 23.1 Å². The van der Waals surface area contributed by atoms with Crippen LogP contribution in [0.25, 0.3) is 10.7 Å². The van der Waals surface area contributed by atoms with Gasteiger partial charge in [-0.1, -0.05) is 17.8 Å². The molecule has 0 unspecified atom stereocenters. The number of rotatable bonds is 7. The zero-order chi connectivity index (χ0) is 15.5. The molecule has 1 fully saturated rings. The molecule has 22 heavy (non-hydrogen) atoms. The van der Waals surface area contributed by atoms with Crippen LogP contribution in [-0.4, -0.2) is 44.0 Å². The summed E-state index contributed by atoms with van der Waals surface area (Å²) in [6.45, 7) is -0.366. The summed E-state index contributed by atoms with van der Waals surface area (Å²) < 4.78 is 2.08. The molecule has 2 aromatic heterocycles. The first-order valence-electron chi connectivity index (χ1n) is 6.75. The number of amides is 1.